The van der Waals surface area contributed by atoms with Gasteiger partial charge in [0.2, 0.25) is 5.90 Å². The first kappa shape index (κ1) is 15.2. The fraction of sp³-hybridized carbons (Fsp3) is 0.118. The van der Waals surface area contributed by atoms with E-state index in [0.29, 0.717) is 23.1 Å². The number of carbonyl (C=O) groups is 1. The summed E-state index contributed by atoms with van der Waals surface area (Å²) in [7, 11) is 0. The summed E-state index contributed by atoms with van der Waals surface area (Å²) in [5.41, 5.74) is 1.35. The first-order valence-electron chi connectivity index (χ1n) is 7.03. The van der Waals surface area contributed by atoms with Crippen molar-refractivity contribution in [2.75, 3.05) is 6.61 Å². The lowest BCUT2D eigenvalue weighted by atomic mass is 10.1. The summed E-state index contributed by atoms with van der Waals surface area (Å²) in [6.45, 7) is 2.43. The number of carbonyl (C=O) groups excluding carboxylic acids is 1. The van der Waals surface area contributed by atoms with Gasteiger partial charge in [-0.3, -0.25) is 4.98 Å². The minimum atomic E-state index is -0.534. The summed E-state index contributed by atoms with van der Waals surface area (Å²) in [5.74, 6) is 0.283. The lowest BCUT2D eigenvalue weighted by Crippen LogP contribution is -2.07. The van der Waals surface area contributed by atoms with E-state index in [0.717, 1.165) is 5.56 Å². The van der Waals surface area contributed by atoms with Crippen LogP contribution in [0.3, 0.4) is 0 Å². The third kappa shape index (κ3) is 3.40. The van der Waals surface area contributed by atoms with E-state index in [4.69, 9.17) is 21.1 Å². The summed E-state index contributed by atoms with van der Waals surface area (Å²) >= 11 is 5.91. The van der Waals surface area contributed by atoms with Gasteiger partial charge < -0.3 is 9.47 Å². The van der Waals surface area contributed by atoms with Crippen LogP contribution in [0.25, 0.3) is 6.08 Å². The maximum atomic E-state index is 12.0. The molecule has 0 N–H and O–H groups in total. The summed E-state index contributed by atoms with van der Waals surface area (Å²) in [6.07, 6.45) is 3.16. The topological polar surface area (TPSA) is 60.8 Å². The van der Waals surface area contributed by atoms with Gasteiger partial charge in [0.25, 0.3) is 0 Å². The van der Waals surface area contributed by atoms with Crippen molar-refractivity contribution in [3.05, 3.63) is 64.6 Å². The maximum absolute atomic E-state index is 12.0. The van der Waals surface area contributed by atoms with Gasteiger partial charge in [0.1, 0.15) is 11.4 Å². The van der Waals surface area contributed by atoms with Gasteiger partial charge in [-0.2, -0.15) is 0 Å². The second-order valence-electron chi connectivity index (χ2n) is 4.67. The van der Waals surface area contributed by atoms with Gasteiger partial charge in [-0.25, -0.2) is 9.79 Å². The van der Waals surface area contributed by atoms with Crippen LogP contribution in [0.5, 0.6) is 5.75 Å². The Hall–Kier alpha value is -2.66. The zero-order valence-electron chi connectivity index (χ0n) is 12.3. The zero-order valence-corrected chi connectivity index (χ0v) is 13.1. The number of ether oxygens (including phenoxy) is 2. The molecule has 2 aromatic rings. The number of cyclic esters (lactones) is 1. The van der Waals surface area contributed by atoms with Gasteiger partial charge >= 0.3 is 5.97 Å². The Kier molecular flexibility index (Phi) is 4.39. The fourth-order valence-electron chi connectivity index (χ4n) is 2.07. The highest BCUT2D eigenvalue weighted by Crippen LogP contribution is 2.24. The predicted octanol–water partition coefficient (Wildman–Crippen LogP) is 3.48. The molecule has 2 heterocycles. The van der Waals surface area contributed by atoms with Crippen LogP contribution in [-0.2, 0) is 9.53 Å². The second-order valence-corrected chi connectivity index (χ2v) is 5.10. The minimum Gasteiger partial charge on any atom is -0.493 e. The van der Waals surface area contributed by atoms with E-state index in [1.165, 1.54) is 6.20 Å². The highest BCUT2D eigenvalue weighted by atomic mass is 35.5. The van der Waals surface area contributed by atoms with E-state index in [9.17, 15) is 4.79 Å². The normalized spacial score (nSPS) is 15.5. The largest absolute Gasteiger partial charge is 0.493 e. The summed E-state index contributed by atoms with van der Waals surface area (Å²) in [5, 5.41) is 0.493. The quantitative estimate of drug-likeness (QED) is 0.637. The average molecular weight is 329 g/mol. The van der Waals surface area contributed by atoms with Crippen LogP contribution < -0.4 is 4.74 Å². The fourth-order valence-corrected chi connectivity index (χ4v) is 2.23. The second kappa shape index (κ2) is 6.62. The van der Waals surface area contributed by atoms with Gasteiger partial charge in [-0.15, -0.1) is 0 Å². The Morgan fingerprint density at radius 1 is 1.30 bits per heavy atom. The molecule has 1 aromatic carbocycles. The molecule has 0 fully saturated rings. The van der Waals surface area contributed by atoms with Crippen molar-refractivity contribution in [3.63, 3.8) is 0 Å². The molecule has 1 aliphatic heterocycles. The molecule has 0 bridgehead atoms. The molecule has 0 aliphatic carbocycles. The molecule has 0 radical (unpaired) electrons. The number of benzene rings is 1. The summed E-state index contributed by atoms with van der Waals surface area (Å²) in [4.78, 5) is 20.3. The van der Waals surface area contributed by atoms with Gasteiger partial charge in [-0.1, -0.05) is 29.8 Å². The molecule has 0 atom stereocenters. The number of hydrogen-bond donors (Lipinski definition) is 0. The van der Waals surface area contributed by atoms with E-state index in [-0.39, 0.29) is 11.6 Å². The first-order valence-corrected chi connectivity index (χ1v) is 7.41. The highest BCUT2D eigenvalue weighted by Gasteiger charge is 2.25. The first-order chi connectivity index (χ1) is 11.2. The SMILES string of the molecule is CCOc1ccccc1/C=C1\N=C(c2cc(Cl)ccn2)OC1=O. The molecule has 5 nitrogen and oxygen atoms in total. The Morgan fingerprint density at radius 2 is 2.13 bits per heavy atom. The van der Waals surface area contributed by atoms with E-state index in [1.54, 1.807) is 18.2 Å². The molecule has 0 spiro atoms. The van der Waals surface area contributed by atoms with E-state index >= 15 is 0 Å². The van der Waals surface area contributed by atoms with Crippen molar-refractivity contribution in [2.24, 2.45) is 4.99 Å². The molecule has 1 aliphatic rings. The third-order valence-electron chi connectivity index (χ3n) is 3.07. The van der Waals surface area contributed by atoms with Crippen molar-refractivity contribution < 1.29 is 14.3 Å². The molecule has 1 aromatic heterocycles. The van der Waals surface area contributed by atoms with Crippen molar-refractivity contribution in [3.8, 4) is 5.75 Å². The molecule has 6 heteroatoms. The monoisotopic (exact) mass is 328 g/mol. The molecule has 0 unspecified atom stereocenters. The Balaban J connectivity index is 1.95. The van der Waals surface area contributed by atoms with Gasteiger partial charge in [-0.05, 0) is 31.2 Å². The van der Waals surface area contributed by atoms with Crippen LogP contribution in [-0.4, -0.2) is 23.5 Å². The van der Waals surface area contributed by atoms with E-state index in [2.05, 4.69) is 9.98 Å². The molecule has 0 saturated heterocycles. The van der Waals surface area contributed by atoms with Crippen LogP contribution in [0.15, 0.2) is 53.3 Å². The van der Waals surface area contributed by atoms with Gasteiger partial charge in [0.05, 0.1) is 6.61 Å². The number of rotatable bonds is 4. The standard InChI is InChI=1S/C17H13ClN2O3/c1-2-22-15-6-4-3-5-11(15)9-14-17(21)23-16(20-14)13-10-12(18)7-8-19-13/h3-10H,2H2,1H3/b14-9-. The summed E-state index contributed by atoms with van der Waals surface area (Å²) < 4.78 is 10.7. The number of aromatic nitrogens is 1. The number of para-hydroxylation sites is 1. The van der Waals surface area contributed by atoms with Crippen LogP contribution in [0.2, 0.25) is 5.02 Å². The summed E-state index contributed by atoms with van der Waals surface area (Å²) in [6, 6.07) is 10.6. The highest BCUT2D eigenvalue weighted by molar-refractivity contribution is 6.31. The van der Waals surface area contributed by atoms with Crippen molar-refractivity contribution in [2.45, 2.75) is 6.92 Å². The average Bonchev–Trinajstić information content (AvgIpc) is 2.91. The number of pyridine rings is 1. The number of halogens is 1. The Morgan fingerprint density at radius 3 is 2.91 bits per heavy atom. The molecular formula is C17H13ClN2O3. The Bertz CT molecular complexity index is 815. The van der Waals surface area contributed by atoms with Crippen LogP contribution >= 0.6 is 11.6 Å². The number of esters is 1. The Labute approximate surface area is 138 Å². The lowest BCUT2D eigenvalue weighted by Gasteiger charge is -2.06. The lowest BCUT2D eigenvalue weighted by molar-refractivity contribution is -0.129. The van der Waals surface area contributed by atoms with Gasteiger partial charge in [0.15, 0.2) is 5.70 Å². The van der Waals surface area contributed by atoms with Crippen molar-refractivity contribution in [1.29, 1.82) is 0 Å². The van der Waals surface area contributed by atoms with Crippen LogP contribution in [0.1, 0.15) is 18.2 Å². The predicted molar refractivity (Wildman–Crippen MR) is 87.5 cm³/mol. The molecule has 23 heavy (non-hydrogen) atoms. The number of aliphatic imine (C=N–C) groups is 1. The van der Waals surface area contributed by atoms with Crippen LogP contribution in [0.4, 0.5) is 0 Å². The molecular weight excluding hydrogens is 316 g/mol. The smallest absolute Gasteiger partial charge is 0.363 e. The maximum Gasteiger partial charge on any atom is 0.363 e. The zero-order chi connectivity index (χ0) is 16.2. The number of nitrogens with zero attached hydrogens (tertiary/aromatic N) is 2. The molecule has 3 rings (SSSR count). The molecule has 0 amide bonds. The van der Waals surface area contributed by atoms with Crippen LogP contribution in [0, 0.1) is 0 Å². The number of hydrogen-bond acceptors (Lipinski definition) is 5. The minimum absolute atomic E-state index is 0.137. The third-order valence-corrected chi connectivity index (χ3v) is 3.31. The van der Waals surface area contributed by atoms with Crippen molar-refractivity contribution >= 4 is 29.5 Å². The van der Waals surface area contributed by atoms with E-state index in [1.807, 2.05) is 31.2 Å². The molecule has 116 valence electrons. The van der Waals surface area contributed by atoms with E-state index < -0.39 is 5.97 Å². The van der Waals surface area contributed by atoms with Crippen molar-refractivity contribution in [1.82, 2.24) is 4.98 Å². The van der Waals surface area contributed by atoms with Gasteiger partial charge in [0, 0.05) is 16.8 Å². The molecule has 0 saturated carbocycles.